The number of carbonyl (C=O) groups excluding carboxylic acids is 1. The van der Waals surface area contributed by atoms with Gasteiger partial charge in [-0.1, -0.05) is 29.8 Å². The minimum Gasteiger partial charge on any atom is -0.497 e. The summed E-state index contributed by atoms with van der Waals surface area (Å²) in [4.78, 5) is 13.0. The van der Waals surface area contributed by atoms with Gasteiger partial charge >= 0.3 is 0 Å². The average Bonchev–Trinajstić information content (AvgIpc) is 3.15. The second-order valence-corrected chi connectivity index (χ2v) is 8.27. The van der Waals surface area contributed by atoms with Crippen molar-refractivity contribution in [2.75, 3.05) is 14.2 Å². The molecule has 7 nitrogen and oxygen atoms in total. The normalized spacial score (nSPS) is 15.6. The Balaban J connectivity index is 1.63. The molecule has 162 valence electrons. The molecule has 0 spiro atoms. The summed E-state index contributed by atoms with van der Waals surface area (Å²) >= 11 is 6.06. The number of Topliss-reactive ketones (excluding diaryl/α,β-unsaturated/α-hetero) is 1. The van der Waals surface area contributed by atoms with E-state index >= 15 is 0 Å². The lowest BCUT2D eigenvalue weighted by molar-refractivity contribution is 0.0955. The second kappa shape index (κ2) is 7.91. The lowest BCUT2D eigenvalue weighted by atomic mass is 9.83. The maximum atomic E-state index is 13.0. The molecule has 0 radical (unpaired) electrons. The molecular weight excluding hydrogens is 428 g/mol. The maximum Gasteiger partial charge on any atom is 0.185 e. The molecule has 8 heteroatoms. The Morgan fingerprint density at radius 2 is 1.81 bits per heavy atom. The average molecular weight is 449 g/mol. The first-order valence-electron chi connectivity index (χ1n) is 10.3. The summed E-state index contributed by atoms with van der Waals surface area (Å²) in [5.74, 6) is 1.29. The smallest absolute Gasteiger partial charge is 0.185 e. The molecule has 0 N–H and O–H groups in total. The Morgan fingerprint density at radius 3 is 2.53 bits per heavy atom. The number of ketones is 1. The first-order valence-corrected chi connectivity index (χ1v) is 10.6. The van der Waals surface area contributed by atoms with Crippen molar-refractivity contribution < 1.29 is 14.3 Å². The Bertz CT molecular complexity index is 1350. The van der Waals surface area contributed by atoms with Gasteiger partial charge in [0.1, 0.15) is 11.5 Å². The third kappa shape index (κ3) is 3.29. The molecular formula is C24H21ClN4O3. The zero-order chi connectivity index (χ0) is 22.4. The Hall–Kier alpha value is -3.45. The first kappa shape index (κ1) is 20.5. The van der Waals surface area contributed by atoms with Crippen LogP contribution in [-0.4, -0.2) is 39.8 Å². The largest absolute Gasteiger partial charge is 0.497 e. The predicted octanol–water partition coefficient (Wildman–Crippen LogP) is 4.68. The van der Waals surface area contributed by atoms with Crippen LogP contribution in [0.1, 0.15) is 39.8 Å². The van der Waals surface area contributed by atoms with Gasteiger partial charge in [-0.3, -0.25) is 4.79 Å². The molecule has 5 rings (SSSR count). The number of aryl methyl sites for hydroxylation is 1. The number of hydrogen-bond donors (Lipinski definition) is 0. The topological polar surface area (TPSA) is 78.6 Å². The molecule has 1 unspecified atom stereocenters. The van der Waals surface area contributed by atoms with Gasteiger partial charge in [-0.25, -0.2) is 4.52 Å². The summed E-state index contributed by atoms with van der Waals surface area (Å²) in [7, 11) is 3.23. The van der Waals surface area contributed by atoms with Crippen LogP contribution in [0.15, 0.2) is 42.5 Å². The van der Waals surface area contributed by atoms with E-state index in [-0.39, 0.29) is 11.7 Å². The Labute approximate surface area is 190 Å². The molecule has 2 aromatic carbocycles. The molecule has 0 aliphatic heterocycles. The zero-order valence-corrected chi connectivity index (χ0v) is 18.7. The SMILES string of the molecule is COc1ccc(C2CC(=O)c3nnc4c(-c5ccc(Cl)cc5)c(C)nn4c3C2)c(OC)c1. The predicted molar refractivity (Wildman–Crippen MR) is 121 cm³/mol. The minimum absolute atomic E-state index is 0.0512. The molecule has 32 heavy (non-hydrogen) atoms. The standard InChI is InChI=1S/C24H21ClN4O3/c1-13-22(14-4-6-16(25)7-5-14)24-27-26-23-19(29(24)28-13)10-15(11-20(23)30)18-9-8-17(31-2)12-21(18)32-3/h4-9,12,15H,10-11H2,1-3H3. The van der Waals surface area contributed by atoms with E-state index in [0.717, 1.165) is 28.1 Å². The third-order valence-corrected chi connectivity index (χ3v) is 6.21. The monoisotopic (exact) mass is 448 g/mol. The van der Waals surface area contributed by atoms with Gasteiger partial charge < -0.3 is 9.47 Å². The fourth-order valence-electron chi connectivity index (χ4n) is 4.41. The number of nitrogens with zero attached hydrogens (tertiary/aromatic N) is 4. The van der Waals surface area contributed by atoms with Crippen LogP contribution < -0.4 is 9.47 Å². The fourth-order valence-corrected chi connectivity index (χ4v) is 4.53. The molecule has 0 saturated heterocycles. The molecule has 1 aliphatic carbocycles. The highest BCUT2D eigenvalue weighted by Gasteiger charge is 2.33. The summed E-state index contributed by atoms with van der Waals surface area (Å²) in [6.45, 7) is 1.93. The molecule has 1 atom stereocenters. The van der Waals surface area contributed by atoms with Crippen molar-refractivity contribution in [1.82, 2.24) is 19.8 Å². The number of carbonyl (C=O) groups is 1. The molecule has 2 aromatic heterocycles. The number of aromatic nitrogens is 4. The summed E-state index contributed by atoms with van der Waals surface area (Å²) in [6.07, 6.45) is 0.928. The number of methoxy groups -OCH3 is 2. The second-order valence-electron chi connectivity index (χ2n) is 7.83. The van der Waals surface area contributed by atoms with E-state index in [1.54, 1.807) is 18.7 Å². The van der Waals surface area contributed by atoms with Crippen molar-refractivity contribution in [2.45, 2.75) is 25.7 Å². The lowest BCUT2D eigenvalue weighted by Gasteiger charge is -2.24. The summed E-state index contributed by atoms with van der Waals surface area (Å²) in [5, 5.41) is 14.1. The van der Waals surface area contributed by atoms with Crippen LogP contribution in [0.3, 0.4) is 0 Å². The lowest BCUT2D eigenvalue weighted by Crippen LogP contribution is -2.24. The van der Waals surface area contributed by atoms with Crippen LogP contribution in [0.4, 0.5) is 0 Å². The van der Waals surface area contributed by atoms with Gasteiger partial charge in [0.2, 0.25) is 0 Å². The number of halogens is 1. The van der Waals surface area contributed by atoms with E-state index in [9.17, 15) is 4.79 Å². The van der Waals surface area contributed by atoms with Crippen molar-refractivity contribution in [3.8, 4) is 22.6 Å². The van der Waals surface area contributed by atoms with E-state index in [0.29, 0.717) is 40.7 Å². The van der Waals surface area contributed by atoms with Crippen molar-refractivity contribution in [3.63, 3.8) is 0 Å². The zero-order valence-electron chi connectivity index (χ0n) is 17.9. The fraction of sp³-hybridized carbons (Fsp3) is 0.250. The van der Waals surface area contributed by atoms with Gasteiger partial charge in [-0.05, 0) is 42.7 Å². The third-order valence-electron chi connectivity index (χ3n) is 5.96. The Morgan fingerprint density at radius 1 is 1.03 bits per heavy atom. The molecule has 0 bridgehead atoms. The molecule has 4 aromatic rings. The molecule has 1 aliphatic rings. The van der Waals surface area contributed by atoms with Gasteiger partial charge in [0.25, 0.3) is 0 Å². The highest BCUT2D eigenvalue weighted by atomic mass is 35.5. The summed E-state index contributed by atoms with van der Waals surface area (Å²) in [5.41, 5.74) is 5.37. The van der Waals surface area contributed by atoms with Crippen molar-refractivity contribution in [2.24, 2.45) is 0 Å². The van der Waals surface area contributed by atoms with Crippen LogP contribution in [0.25, 0.3) is 16.8 Å². The van der Waals surface area contributed by atoms with Crippen LogP contribution in [0, 0.1) is 6.92 Å². The van der Waals surface area contributed by atoms with Crippen LogP contribution in [-0.2, 0) is 6.42 Å². The summed E-state index contributed by atoms with van der Waals surface area (Å²) in [6, 6.07) is 13.2. The number of benzene rings is 2. The van der Waals surface area contributed by atoms with Gasteiger partial charge in [-0.2, -0.15) is 5.10 Å². The molecule has 0 saturated carbocycles. The highest BCUT2D eigenvalue weighted by Crippen LogP contribution is 2.39. The van der Waals surface area contributed by atoms with E-state index in [2.05, 4.69) is 10.2 Å². The van der Waals surface area contributed by atoms with Gasteiger partial charge in [-0.15, -0.1) is 10.2 Å². The van der Waals surface area contributed by atoms with E-state index in [1.165, 1.54) is 0 Å². The van der Waals surface area contributed by atoms with Crippen LogP contribution >= 0.6 is 11.6 Å². The van der Waals surface area contributed by atoms with Crippen molar-refractivity contribution in [1.29, 1.82) is 0 Å². The van der Waals surface area contributed by atoms with E-state index in [4.69, 9.17) is 26.2 Å². The minimum atomic E-state index is -0.0632. The number of ether oxygens (including phenoxy) is 2. The van der Waals surface area contributed by atoms with Gasteiger partial charge in [0.15, 0.2) is 17.1 Å². The van der Waals surface area contributed by atoms with Crippen LogP contribution in [0.5, 0.6) is 11.5 Å². The Kier molecular flexibility index (Phi) is 5.06. The number of rotatable bonds is 4. The van der Waals surface area contributed by atoms with Crippen molar-refractivity contribution >= 4 is 23.0 Å². The van der Waals surface area contributed by atoms with Gasteiger partial charge in [0.05, 0.1) is 31.2 Å². The first-order chi connectivity index (χ1) is 15.5. The van der Waals surface area contributed by atoms with Crippen LogP contribution in [0.2, 0.25) is 5.02 Å². The maximum absolute atomic E-state index is 13.0. The molecule has 2 heterocycles. The van der Waals surface area contributed by atoms with E-state index in [1.807, 2.05) is 49.4 Å². The van der Waals surface area contributed by atoms with E-state index < -0.39 is 0 Å². The number of hydrogen-bond acceptors (Lipinski definition) is 6. The quantitative estimate of drug-likeness (QED) is 0.451. The van der Waals surface area contributed by atoms with Crippen molar-refractivity contribution in [3.05, 3.63) is 70.1 Å². The number of fused-ring (bicyclic) bond motifs is 3. The van der Waals surface area contributed by atoms with Gasteiger partial charge in [0, 0.05) is 23.4 Å². The highest BCUT2D eigenvalue weighted by molar-refractivity contribution is 6.30. The molecule has 0 fully saturated rings. The summed E-state index contributed by atoms with van der Waals surface area (Å²) < 4.78 is 12.7. The molecule has 0 amide bonds.